The summed E-state index contributed by atoms with van der Waals surface area (Å²) in [5.74, 6) is 0. The predicted molar refractivity (Wildman–Crippen MR) is 49.3 cm³/mol. The van der Waals surface area contributed by atoms with Gasteiger partial charge in [-0.15, -0.1) is 11.6 Å². The summed E-state index contributed by atoms with van der Waals surface area (Å²) in [6, 6.07) is 0. The highest BCUT2D eigenvalue weighted by Gasteiger charge is 2.06. The van der Waals surface area contributed by atoms with E-state index in [9.17, 15) is 0 Å². The van der Waals surface area contributed by atoms with E-state index < -0.39 is 0 Å². The van der Waals surface area contributed by atoms with Crippen molar-refractivity contribution in [2.75, 3.05) is 27.2 Å². The molecular formula is C8H18ClNO. The number of nitrogens with zero attached hydrogens (tertiary/aromatic N) is 1. The summed E-state index contributed by atoms with van der Waals surface area (Å²) in [7, 11) is 3.77. The minimum Gasteiger partial charge on any atom is -0.380 e. The first kappa shape index (κ1) is 11.2. The molecule has 0 aliphatic heterocycles. The van der Waals surface area contributed by atoms with Gasteiger partial charge in [-0.3, -0.25) is 0 Å². The van der Waals surface area contributed by atoms with E-state index >= 15 is 0 Å². The molecule has 0 rings (SSSR count). The minimum absolute atomic E-state index is 0.212. The van der Waals surface area contributed by atoms with Gasteiger partial charge in [-0.05, 0) is 20.9 Å². The number of ether oxygens (including phenoxy) is 1. The van der Waals surface area contributed by atoms with Crippen molar-refractivity contribution in [1.29, 1.82) is 0 Å². The smallest absolute Gasteiger partial charge is 0.0670 e. The molecule has 3 heteroatoms. The molecule has 68 valence electrons. The zero-order chi connectivity index (χ0) is 8.85. The first-order chi connectivity index (χ1) is 5.06. The van der Waals surface area contributed by atoms with Crippen molar-refractivity contribution in [3.63, 3.8) is 0 Å². The molecule has 0 aromatic heterocycles. The van der Waals surface area contributed by atoms with Crippen molar-refractivity contribution in [3.8, 4) is 0 Å². The minimum atomic E-state index is 0.212. The molecule has 2 atom stereocenters. The Morgan fingerprint density at radius 3 is 2.27 bits per heavy atom. The number of likely N-dealkylation sites (N-methyl/N-ethyl adjacent to an activating group) is 1. The summed E-state index contributed by atoms with van der Waals surface area (Å²) in [6.45, 7) is 5.90. The van der Waals surface area contributed by atoms with Crippen LogP contribution in [0.4, 0.5) is 0 Å². The highest BCUT2D eigenvalue weighted by atomic mass is 35.5. The summed E-state index contributed by atoms with van der Waals surface area (Å²) in [5.41, 5.74) is 0. The Morgan fingerprint density at radius 2 is 1.91 bits per heavy atom. The summed E-state index contributed by atoms with van der Waals surface area (Å²) < 4.78 is 5.12. The normalized spacial score (nSPS) is 16.9. The van der Waals surface area contributed by atoms with Crippen molar-refractivity contribution in [1.82, 2.24) is 4.90 Å². The Hall–Kier alpha value is 0.210. The van der Waals surface area contributed by atoms with Gasteiger partial charge in [0.1, 0.15) is 0 Å². The zero-order valence-electron chi connectivity index (χ0n) is 7.80. The quantitative estimate of drug-likeness (QED) is 0.595. The zero-order valence-corrected chi connectivity index (χ0v) is 8.56. The molecule has 0 aliphatic rings. The van der Waals surface area contributed by atoms with Crippen molar-refractivity contribution >= 4 is 11.6 Å². The van der Waals surface area contributed by atoms with Crippen LogP contribution in [0, 0.1) is 0 Å². The first-order valence-electron chi connectivity index (χ1n) is 3.91. The first-order valence-corrected chi connectivity index (χ1v) is 4.35. The molecular weight excluding hydrogens is 162 g/mol. The van der Waals surface area contributed by atoms with Gasteiger partial charge >= 0.3 is 0 Å². The van der Waals surface area contributed by atoms with Crippen molar-refractivity contribution in [2.45, 2.75) is 25.3 Å². The van der Waals surface area contributed by atoms with Crippen LogP contribution < -0.4 is 0 Å². The van der Waals surface area contributed by atoms with E-state index in [0.29, 0.717) is 0 Å². The van der Waals surface area contributed by atoms with E-state index in [2.05, 4.69) is 18.9 Å². The van der Waals surface area contributed by atoms with E-state index in [-0.39, 0.29) is 11.5 Å². The molecule has 0 aromatic rings. The molecule has 0 N–H and O–H groups in total. The molecule has 0 radical (unpaired) electrons. The molecule has 0 aromatic carbocycles. The molecule has 0 spiro atoms. The van der Waals surface area contributed by atoms with Crippen molar-refractivity contribution in [2.24, 2.45) is 0 Å². The van der Waals surface area contributed by atoms with Crippen molar-refractivity contribution < 1.29 is 4.74 Å². The van der Waals surface area contributed by atoms with Crippen LogP contribution in [0.2, 0.25) is 0 Å². The monoisotopic (exact) mass is 179 g/mol. The Kier molecular flexibility index (Phi) is 5.92. The molecule has 0 saturated heterocycles. The van der Waals surface area contributed by atoms with Gasteiger partial charge in [-0.2, -0.15) is 0 Å². The SMILES string of the molecule is COC(C)CN(C)CC(C)Cl. The number of hydrogen-bond donors (Lipinski definition) is 0. The third-order valence-electron chi connectivity index (χ3n) is 1.53. The largest absolute Gasteiger partial charge is 0.380 e. The molecule has 0 bridgehead atoms. The molecule has 0 heterocycles. The molecule has 2 unspecified atom stereocenters. The van der Waals surface area contributed by atoms with E-state index in [1.807, 2.05) is 6.92 Å². The summed E-state index contributed by atoms with van der Waals surface area (Å²) in [5, 5.41) is 0.212. The number of halogens is 1. The van der Waals surface area contributed by atoms with Crippen LogP contribution in [0.5, 0.6) is 0 Å². The lowest BCUT2D eigenvalue weighted by molar-refractivity contribution is 0.0861. The Morgan fingerprint density at radius 1 is 1.36 bits per heavy atom. The van der Waals surface area contributed by atoms with Gasteiger partial charge in [0.15, 0.2) is 0 Å². The van der Waals surface area contributed by atoms with Crippen LogP contribution in [0.15, 0.2) is 0 Å². The van der Waals surface area contributed by atoms with Gasteiger partial charge in [0, 0.05) is 25.6 Å². The molecule has 0 saturated carbocycles. The van der Waals surface area contributed by atoms with Crippen LogP contribution in [0.25, 0.3) is 0 Å². The second-order valence-corrected chi connectivity index (χ2v) is 3.79. The second kappa shape index (κ2) is 5.81. The number of hydrogen-bond acceptors (Lipinski definition) is 2. The molecule has 11 heavy (non-hydrogen) atoms. The van der Waals surface area contributed by atoms with Gasteiger partial charge in [-0.1, -0.05) is 0 Å². The maximum atomic E-state index is 5.82. The highest BCUT2D eigenvalue weighted by Crippen LogP contribution is 1.98. The fourth-order valence-corrected chi connectivity index (χ4v) is 1.25. The molecule has 0 aliphatic carbocycles. The van der Waals surface area contributed by atoms with E-state index in [1.165, 1.54) is 0 Å². The second-order valence-electron chi connectivity index (χ2n) is 3.05. The third kappa shape index (κ3) is 6.60. The summed E-state index contributed by atoms with van der Waals surface area (Å²) >= 11 is 5.82. The molecule has 0 amide bonds. The van der Waals surface area contributed by atoms with Crippen LogP contribution in [-0.2, 0) is 4.74 Å². The van der Waals surface area contributed by atoms with Gasteiger partial charge in [0.25, 0.3) is 0 Å². The summed E-state index contributed by atoms with van der Waals surface area (Å²) in [4.78, 5) is 2.17. The number of rotatable bonds is 5. The van der Waals surface area contributed by atoms with Crippen LogP contribution in [0.1, 0.15) is 13.8 Å². The highest BCUT2D eigenvalue weighted by molar-refractivity contribution is 6.20. The topological polar surface area (TPSA) is 12.5 Å². The average molecular weight is 180 g/mol. The number of alkyl halides is 1. The van der Waals surface area contributed by atoms with Crippen LogP contribution in [-0.4, -0.2) is 43.6 Å². The number of methoxy groups -OCH3 is 1. The van der Waals surface area contributed by atoms with Crippen LogP contribution >= 0.6 is 11.6 Å². The predicted octanol–water partition coefficient (Wildman–Crippen LogP) is 1.58. The standard InChI is InChI=1S/C8H18ClNO/c1-7(9)5-10(3)6-8(2)11-4/h7-8H,5-6H2,1-4H3. The lowest BCUT2D eigenvalue weighted by atomic mass is 10.3. The Bertz CT molecular complexity index is 98.1. The van der Waals surface area contributed by atoms with Gasteiger partial charge < -0.3 is 9.64 Å². The van der Waals surface area contributed by atoms with Crippen molar-refractivity contribution in [3.05, 3.63) is 0 Å². The molecule has 0 fully saturated rings. The Labute approximate surface area is 74.5 Å². The van der Waals surface area contributed by atoms with Gasteiger partial charge in [-0.25, -0.2) is 0 Å². The fraction of sp³-hybridized carbons (Fsp3) is 1.00. The lowest BCUT2D eigenvalue weighted by Crippen LogP contribution is -2.32. The molecule has 2 nitrogen and oxygen atoms in total. The maximum absolute atomic E-state index is 5.82. The van der Waals surface area contributed by atoms with E-state index in [1.54, 1.807) is 7.11 Å². The van der Waals surface area contributed by atoms with E-state index in [0.717, 1.165) is 13.1 Å². The average Bonchev–Trinajstić information content (AvgIpc) is 1.85. The lowest BCUT2D eigenvalue weighted by Gasteiger charge is -2.21. The maximum Gasteiger partial charge on any atom is 0.0670 e. The van der Waals surface area contributed by atoms with E-state index in [4.69, 9.17) is 16.3 Å². The Balaban J connectivity index is 3.43. The third-order valence-corrected chi connectivity index (χ3v) is 1.67. The summed E-state index contributed by atoms with van der Waals surface area (Å²) in [6.07, 6.45) is 0.287. The fourth-order valence-electron chi connectivity index (χ4n) is 1.02. The van der Waals surface area contributed by atoms with Crippen LogP contribution in [0.3, 0.4) is 0 Å². The van der Waals surface area contributed by atoms with Gasteiger partial charge in [0.05, 0.1) is 6.10 Å². The van der Waals surface area contributed by atoms with Gasteiger partial charge in [0.2, 0.25) is 0 Å².